The molecule has 0 radical (unpaired) electrons. The lowest BCUT2D eigenvalue weighted by Gasteiger charge is -2.42. The minimum Gasteiger partial charge on any atom is -0.369 e. The third-order valence-electron chi connectivity index (χ3n) is 7.02. The Morgan fingerprint density at radius 1 is 1.23 bits per heavy atom. The summed E-state index contributed by atoms with van der Waals surface area (Å²) >= 11 is 12.2. The molecule has 2 aliphatic rings. The van der Waals surface area contributed by atoms with E-state index in [9.17, 15) is 4.79 Å². The smallest absolute Gasteiger partial charge is 0.228 e. The van der Waals surface area contributed by atoms with Crippen molar-refractivity contribution in [1.82, 2.24) is 4.90 Å². The fourth-order valence-corrected chi connectivity index (χ4v) is 5.42. The summed E-state index contributed by atoms with van der Waals surface area (Å²) < 4.78 is 0. The molecule has 3 nitrogen and oxygen atoms in total. The summed E-state index contributed by atoms with van der Waals surface area (Å²) in [6.07, 6.45) is 10.4. The van der Waals surface area contributed by atoms with Crippen LogP contribution in [0, 0.1) is 23.2 Å². The van der Waals surface area contributed by atoms with Gasteiger partial charge in [-0.25, -0.2) is 0 Å². The number of rotatable bonds is 7. The van der Waals surface area contributed by atoms with Gasteiger partial charge in [-0.05, 0) is 81.1 Å². The number of nitrogens with two attached hydrogens (primary N) is 1. The highest BCUT2D eigenvalue weighted by Gasteiger charge is 2.44. The fourth-order valence-electron chi connectivity index (χ4n) is 5.10. The molecule has 1 fully saturated rings. The molecule has 1 saturated heterocycles. The molecule has 5 heteroatoms. The van der Waals surface area contributed by atoms with Crippen LogP contribution in [0.25, 0.3) is 0 Å². The second-order valence-electron chi connectivity index (χ2n) is 9.44. The molecular weight excluding hydrogens is 415 g/mol. The van der Waals surface area contributed by atoms with Crippen LogP contribution in [-0.2, 0) is 11.3 Å². The quantitative estimate of drug-likeness (QED) is 0.535. The van der Waals surface area contributed by atoms with Gasteiger partial charge in [0.25, 0.3) is 0 Å². The molecule has 1 aliphatic heterocycles. The van der Waals surface area contributed by atoms with Gasteiger partial charge in [-0.15, -0.1) is 0 Å². The van der Waals surface area contributed by atoms with Crippen molar-refractivity contribution in [2.24, 2.45) is 28.9 Å². The van der Waals surface area contributed by atoms with Crippen LogP contribution in [0.3, 0.4) is 0 Å². The Kier molecular flexibility index (Phi) is 7.71. The Morgan fingerprint density at radius 2 is 1.93 bits per heavy atom. The van der Waals surface area contributed by atoms with E-state index in [-0.39, 0.29) is 11.8 Å². The van der Waals surface area contributed by atoms with E-state index < -0.39 is 5.41 Å². The van der Waals surface area contributed by atoms with Crippen LogP contribution >= 0.6 is 23.2 Å². The lowest BCUT2D eigenvalue weighted by atomic mass is 9.62. The number of primary amides is 1. The van der Waals surface area contributed by atoms with E-state index in [0.717, 1.165) is 45.3 Å². The number of piperidine rings is 1. The summed E-state index contributed by atoms with van der Waals surface area (Å²) in [6, 6.07) is 5.89. The van der Waals surface area contributed by atoms with Crippen LogP contribution in [0.1, 0.15) is 52.0 Å². The molecule has 1 amide bonds. The van der Waals surface area contributed by atoms with Crippen LogP contribution in [0.5, 0.6) is 0 Å². The molecule has 2 N–H and O–H groups in total. The predicted octanol–water partition coefficient (Wildman–Crippen LogP) is 6.25. The number of carbonyl (C=O) groups excluding carboxylic acids is 1. The van der Waals surface area contributed by atoms with E-state index >= 15 is 0 Å². The number of hydrogen-bond donors (Lipinski definition) is 1. The molecule has 30 heavy (non-hydrogen) atoms. The Balaban J connectivity index is 1.62. The van der Waals surface area contributed by atoms with Crippen molar-refractivity contribution < 1.29 is 4.79 Å². The van der Waals surface area contributed by atoms with Crippen LogP contribution < -0.4 is 5.73 Å². The van der Waals surface area contributed by atoms with Crippen LogP contribution in [0.4, 0.5) is 0 Å². The number of likely N-dealkylation sites (tertiary alicyclic amines) is 1. The molecule has 164 valence electrons. The van der Waals surface area contributed by atoms with Crippen molar-refractivity contribution in [3.8, 4) is 0 Å². The van der Waals surface area contributed by atoms with Crippen molar-refractivity contribution in [2.45, 2.75) is 53.0 Å². The van der Waals surface area contributed by atoms with E-state index in [1.54, 1.807) is 0 Å². The van der Waals surface area contributed by atoms with Gasteiger partial charge in [0.2, 0.25) is 5.91 Å². The Labute approximate surface area is 191 Å². The lowest BCUT2D eigenvalue weighted by Crippen LogP contribution is -2.46. The number of hydrogen-bond acceptors (Lipinski definition) is 2. The first-order chi connectivity index (χ1) is 14.2. The number of nitrogens with zero attached hydrogens (tertiary/aromatic N) is 1. The first kappa shape index (κ1) is 23.4. The van der Waals surface area contributed by atoms with Crippen molar-refractivity contribution in [3.05, 3.63) is 57.6 Å². The first-order valence-corrected chi connectivity index (χ1v) is 11.8. The van der Waals surface area contributed by atoms with Gasteiger partial charge < -0.3 is 5.73 Å². The van der Waals surface area contributed by atoms with Gasteiger partial charge in [0, 0.05) is 6.54 Å². The molecule has 1 aromatic rings. The predicted molar refractivity (Wildman–Crippen MR) is 127 cm³/mol. The number of amides is 1. The van der Waals surface area contributed by atoms with Crippen molar-refractivity contribution in [2.75, 3.05) is 13.1 Å². The van der Waals surface area contributed by atoms with Gasteiger partial charge in [0.15, 0.2) is 0 Å². The zero-order valence-electron chi connectivity index (χ0n) is 18.3. The third kappa shape index (κ3) is 5.30. The van der Waals surface area contributed by atoms with Crippen molar-refractivity contribution >= 4 is 29.1 Å². The summed E-state index contributed by atoms with van der Waals surface area (Å²) in [7, 11) is 0. The summed E-state index contributed by atoms with van der Waals surface area (Å²) in [4.78, 5) is 15.1. The molecule has 0 bridgehead atoms. The lowest BCUT2D eigenvalue weighted by molar-refractivity contribution is -0.129. The molecule has 1 aromatic carbocycles. The summed E-state index contributed by atoms with van der Waals surface area (Å²) in [5, 5.41) is 1.22. The minimum atomic E-state index is -0.551. The van der Waals surface area contributed by atoms with Crippen molar-refractivity contribution in [3.63, 3.8) is 0 Å². The van der Waals surface area contributed by atoms with E-state index in [1.807, 2.05) is 12.1 Å². The monoisotopic (exact) mass is 448 g/mol. The molecule has 3 rings (SSSR count). The Morgan fingerprint density at radius 3 is 2.47 bits per heavy atom. The molecule has 1 aliphatic carbocycles. The van der Waals surface area contributed by atoms with Crippen molar-refractivity contribution in [1.29, 1.82) is 0 Å². The van der Waals surface area contributed by atoms with E-state index in [2.05, 4.69) is 50.0 Å². The molecule has 2 atom stereocenters. The highest BCUT2D eigenvalue weighted by molar-refractivity contribution is 6.42. The zero-order chi connectivity index (χ0) is 21.9. The highest BCUT2D eigenvalue weighted by Crippen LogP contribution is 2.45. The number of allylic oxidation sites excluding steroid dienone is 3. The van der Waals surface area contributed by atoms with E-state index in [1.165, 1.54) is 11.1 Å². The summed E-state index contributed by atoms with van der Waals surface area (Å²) in [5.41, 5.74) is 7.84. The minimum absolute atomic E-state index is 0.182. The van der Waals surface area contributed by atoms with Crippen LogP contribution in [0.2, 0.25) is 10.0 Å². The Hall–Kier alpha value is -1.29. The summed E-state index contributed by atoms with van der Waals surface area (Å²) in [6.45, 7) is 9.56. The van der Waals surface area contributed by atoms with Crippen LogP contribution in [0.15, 0.2) is 42.0 Å². The summed E-state index contributed by atoms with van der Waals surface area (Å²) in [5.74, 6) is 1.11. The topological polar surface area (TPSA) is 46.3 Å². The second-order valence-corrected chi connectivity index (χ2v) is 10.3. The van der Waals surface area contributed by atoms with Gasteiger partial charge in [-0.2, -0.15) is 0 Å². The molecule has 2 unspecified atom stereocenters. The number of halogens is 2. The third-order valence-corrected chi connectivity index (χ3v) is 7.75. The van der Waals surface area contributed by atoms with Gasteiger partial charge in [-0.1, -0.05) is 66.9 Å². The standard InChI is InChI=1S/C25H34Cl2N2O/c1-17(2)21(25(24(28)30)10-6-18(3)7-11-25)14-19-8-12-29(13-9-19)16-20-4-5-22(26)23(27)15-20/h4-7,10,15,17,19,21H,8-9,11-14,16H2,1-3H3,(H2,28,30). The SMILES string of the molecule is CC1=CCC(C(N)=O)(C(CC2CCN(Cc3ccc(Cl)c(Cl)c3)CC2)C(C)C)C=C1. The number of carbonyl (C=O) groups is 1. The fraction of sp³-hybridized carbons (Fsp3) is 0.560. The number of benzene rings is 1. The maximum atomic E-state index is 12.6. The average Bonchev–Trinajstić information content (AvgIpc) is 2.71. The zero-order valence-corrected chi connectivity index (χ0v) is 19.8. The molecular formula is C25H34Cl2N2O. The van der Waals surface area contributed by atoms with Crippen LogP contribution in [-0.4, -0.2) is 23.9 Å². The van der Waals surface area contributed by atoms with E-state index in [0.29, 0.717) is 21.9 Å². The van der Waals surface area contributed by atoms with Gasteiger partial charge >= 0.3 is 0 Å². The molecule has 0 spiro atoms. The highest BCUT2D eigenvalue weighted by atomic mass is 35.5. The van der Waals surface area contributed by atoms with Gasteiger partial charge in [0.05, 0.1) is 15.5 Å². The maximum Gasteiger partial charge on any atom is 0.228 e. The normalized spacial score (nSPS) is 24.1. The van der Waals surface area contributed by atoms with Gasteiger partial charge in [-0.3, -0.25) is 9.69 Å². The average molecular weight is 449 g/mol. The first-order valence-electron chi connectivity index (χ1n) is 11.0. The molecule has 0 saturated carbocycles. The second kappa shape index (κ2) is 9.89. The molecule has 0 aromatic heterocycles. The maximum absolute atomic E-state index is 12.6. The van der Waals surface area contributed by atoms with E-state index in [4.69, 9.17) is 28.9 Å². The van der Waals surface area contributed by atoms with Gasteiger partial charge in [0.1, 0.15) is 0 Å². The Bertz CT molecular complexity index is 824. The molecule has 1 heterocycles. The largest absolute Gasteiger partial charge is 0.369 e.